The second-order valence-corrected chi connectivity index (χ2v) is 4.99. The highest BCUT2D eigenvalue weighted by Gasteiger charge is 2.14. The smallest absolute Gasteiger partial charge is 0.0320 e. The SMILES string of the molecule is c1ccc(-c2cccc(C3CCCCN3)c2)cc1. The van der Waals surface area contributed by atoms with Crippen LogP contribution in [0.15, 0.2) is 54.6 Å². The normalized spacial score (nSPS) is 19.7. The van der Waals surface area contributed by atoms with Gasteiger partial charge in [0.1, 0.15) is 0 Å². The van der Waals surface area contributed by atoms with Crippen molar-refractivity contribution < 1.29 is 0 Å². The van der Waals surface area contributed by atoms with E-state index in [2.05, 4.69) is 59.9 Å². The first-order chi connectivity index (χ1) is 8.93. The van der Waals surface area contributed by atoms with E-state index in [0.717, 1.165) is 6.54 Å². The van der Waals surface area contributed by atoms with Crippen molar-refractivity contribution in [1.29, 1.82) is 0 Å². The Kier molecular flexibility index (Phi) is 3.42. The molecule has 1 atom stereocenters. The van der Waals surface area contributed by atoms with Crippen molar-refractivity contribution in [3.8, 4) is 11.1 Å². The summed E-state index contributed by atoms with van der Waals surface area (Å²) in [6, 6.07) is 20.1. The van der Waals surface area contributed by atoms with E-state index in [4.69, 9.17) is 0 Å². The Hall–Kier alpha value is -1.60. The van der Waals surface area contributed by atoms with E-state index < -0.39 is 0 Å². The molecule has 0 bridgehead atoms. The largest absolute Gasteiger partial charge is 0.310 e. The molecule has 2 aromatic rings. The predicted molar refractivity (Wildman–Crippen MR) is 76.5 cm³/mol. The number of piperidine rings is 1. The fraction of sp³-hybridized carbons (Fsp3) is 0.294. The Morgan fingerprint density at radius 3 is 2.44 bits per heavy atom. The van der Waals surface area contributed by atoms with Crippen molar-refractivity contribution in [2.45, 2.75) is 25.3 Å². The summed E-state index contributed by atoms with van der Waals surface area (Å²) in [5.41, 5.74) is 4.05. The van der Waals surface area contributed by atoms with Crippen molar-refractivity contribution in [3.63, 3.8) is 0 Å². The van der Waals surface area contributed by atoms with Crippen molar-refractivity contribution in [2.75, 3.05) is 6.54 Å². The number of hydrogen-bond donors (Lipinski definition) is 1. The molecule has 1 saturated heterocycles. The van der Waals surface area contributed by atoms with E-state index in [1.165, 1.54) is 36.0 Å². The summed E-state index contributed by atoms with van der Waals surface area (Å²) >= 11 is 0. The van der Waals surface area contributed by atoms with Crippen LogP contribution in [0.1, 0.15) is 30.9 Å². The molecule has 1 N–H and O–H groups in total. The Balaban J connectivity index is 1.89. The summed E-state index contributed by atoms with van der Waals surface area (Å²) < 4.78 is 0. The molecule has 1 heteroatoms. The highest BCUT2D eigenvalue weighted by atomic mass is 14.9. The number of hydrogen-bond acceptors (Lipinski definition) is 1. The van der Waals surface area contributed by atoms with Crippen LogP contribution in [0.25, 0.3) is 11.1 Å². The lowest BCUT2D eigenvalue weighted by atomic mass is 9.94. The van der Waals surface area contributed by atoms with Gasteiger partial charge in [0.25, 0.3) is 0 Å². The zero-order valence-corrected chi connectivity index (χ0v) is 10.6. The van der Waals surface area contributed by atoms with E-state index in [9.17, 15) is 0 Å². The van der Waals surface area contributed by atoms with E-state index in [1.807, 2.05) is 0 Å². The third-order valence-electron chi connectivity index (χ3n) is 3.71. The molecule has 1 unspecified atom stereocenters. The Morgan fingerprint density at radius 1 is 0.833 bits per heavy atom. The van der Waals surface area contributed by atoms with Gasteiger partial charge in [0.05, 0.1) is 0 Å². The molecule has 0 spiro atoms. The maximum absolute atomic E-state index is 3.61. The zero-order valence-electron chi connectivity index (χ0n) is 10.6. The average molecular weight is 237 g/mol. The molecule has 1 aliphatic heterocycles. The molecule has 0 radical (unpaired) electrons. The van der Waals surface area contributed by atoms with Crippen LogP contribution in [0.5, 0.6) is 0 Å². The minimum Gasteiger partial charge on any atom is -0.310 e. The second kappa shape index (κ2) is 5.36. The molecular formula is C17H19N. The van der Waals surface area contributed by atoms with Crippen molar-refractivity contribution in [2.24, 2.45) is 0 Å². The van der Waals surface area contributed by atoms with Crippen LogP contribution in [-0.4, -0.2) is 6.54 Å². The third kappa shape index (κ3) is 2.46. The van der Waals surface area contributed by atoms with Crippen LogP contribution in [0.4, 0.5) is 0 Å². The first kappa shape index (κ1) is 11.5. The van der Waals surface area contributed by atoms with Gasteiger partial charge in [-0.15, -0.1) is 0 Å². The molecule has 92 valence electrons. The van der Waals surface area contributed by atoms with Gasteiger partial charge in [-0.05, 0) is 42.1 Å². The van der Waals surface area contributed by atoms with Crippen LogP contribution < -0.4 is 5.32 Å². The molecule has 18 heavy (non-hydrogen) atoms. The Morgan fingerprint density at radius 2 is 1.67 bits per heavy atom. The predicted octanol–water partition coefficient (Wildman–Crippen LogP) is 4.17. The highest BCUT2D eigenvalue weighted by molar-refractivity contribution is 5.64. The summed E-state index contributed by atoms with van der Waals surface area (Å²) in [4.78, 5) is 0. The molecule has 0 amide bonds. The van der Waals surface area contributed by atoms with Crippen LogP contribution in [-0.2, 0) is 0 Å². The van der Waals surface area contributed by atoms with Gasteiger partial charge in [-0.3, -0.25) is 0 Å². The quantitative estimate of drug-likeness (QED) is 0.826. The fourth-order valence-corrected chi connectivity index (χ4v) is 2.70. The Labute approximate surface area is 109 Å². The average Bonchev–Trinajstić information content (AvgIpc) is 2.49. The lowest BCUT2D eigenvalue weighted by molar-refractivity contribution is 0.412. The molecular weight excluding hydrogens is 218 g/mol. The first-order valence-corrected chi connectivity index (χ1v) is 6.82. The van der Waals surface area contributed by atoms with Gasteiger partial charge in [-0.2, -0.15) is 0 Å². The van der Waals surface area contributed by atoms with Gasteiger partial charge in [0.2, 0.25) is 0 Å². The summed E-state index contributed by atoms with van der Waals surface area (Å²) in [5, 5.41) is 3.61. The van der Waals surface area contributed by atoms with Crippen molar-refractivity contribution >= 4 is 0 Å². The summed E-state index contributed by atoms with van der Waals surface area (Å²) in [5.74, 6) is 0. The summed E-state index contributed by atoms with van der Waals surface area (Å²) in [7, 11) is 0. The molecule has 0 aliphatic carbocycles. The standard InChI is InChI=1S/C17H19N/c1-2-7-14(8-3-1)15-9-6-10-16(13-15)17-11-4-5-12-18-17/h1-3,6-10,13,17-18H,4-5,11-12H2. The highest BCUT2D eigenvalue weighted by Crippen LogP contribution is 2.27. The molecule has 2 aromatic carbocycles. The monoisotopic (exact) mass is 237 g/mol. The Bertz CT molecular complexity index is 498. The molecule has 0 aromatic heterocycles. The second-order valence-electron chi connectivity index (χ2n) is 4.99. The lowest BCUT2D eigenvalue weighted by Crippen LogP contribution is -2.26. The van der Waals surface area contributed by atoms with E-state index in [1.54, 1.807) is 0 Å². The maximum atomic E-state index is 3.61. The van der Waals surface area contributed by atoms with Crippen LogP contribution >= 0.6 is 0 Å². The van der Waals surface area contributed by atoms with Gasteiger partial charge < -0.3 is 5.32 Å². The number of benzene rings is 2. The first-order valence-electron chi connectivity index (χ1n) is 6.82. The maximum Gasteiger partial charge on any atom is 0.0320 e. The number of nitrogens with one attached hydrogen (secondary N) is 1. The molecule has 1 nitrogen and oxygen atoms in total. The fourth-order valence-electron chi connectivity index (χ4n) is 2.70. The van der Waals surface area contributed by atoms with Gasteiger partial charge >= 0.3 is 0 Å². The molecule has 1 aliphatic rings. The molecule has 3 rings (SSSR count). The summed E-state index contributed by atoms with van der Waals surface area (Å²) in [6.07, 6.45) is 3.92. The molecule has 1 heterocycles. The topological polar surface area (TPSA) is 12.0 Å². The lowest BCUT2D eigenvalue weighted by Gasteiger charge is -2.24. The number of rotatable bonds is 2. The van der Waals surface area contributed by atoms with Crippen LogP contribution in [0.2, 0.25) is 0 Å². The van der Waals surface area contributed by atoms with E-state index in [-0.39, 0.29) is 0 Å². The minimum absolute atomic E-state index is 0.544. The van der Waals surface area contributed by atoms with Crippen LogP contribution in [0, 0.1) is 0 Å². The van der Waals surface area contributed by atoms with Crippen molar-refractivity contribution in [3.05, 3.63) is 60.2 Å². The molecule has 1 fully saturated rings. The van der Waals surface area contributed by atoms with E-state index >= 15 is 0 Å². The molecule has 0 saturated carbocycles. The van der Waals surface area contributed by atoms with Crippen LogP contribution in [0.3, 0.4) is 0 Å². The van der Waals surface area contributed by atoms with Gasteiger partial charge in [0.15, 0.2) is 0 Å². The summed E-state index contributed by atoms with van der Waals surface area (Å²) in [6.45, 7) is 1.15. The van der Waals surface area contributed by atoms with Crippen molar-refractivity contribution in [1.82, 2.24) is 5.32 Å². The minimum atomic E-state index is 0.544. The van der Waals surface area contributed by atoms with Gasteiger partial charge in [0, 0.05) is 6.04 Å². The third-order valence-corrected chi connectivity index (χ3v) is 3.71. The van der Waals surface area contributed by atoms with Gasteiger partial charge in [-0.1, -0.05) is 55.0 Å². The van der Waals surface area contributed by atoms with Gasteiger partial charge in [-0.25, -0.2) is 0 Å². The van der Waals surface area contributed by atoms with E-state index in [0.29, 0.717) is 6.04 Å². The zero-order chi connectivity index (χ0) is 12.2.